The number of benzene rings is 1. The van der Waals surface area contributed by atoms with Crippen molar-refractivity contribution >= 4 is 12.0 Å². The van der Waals surface area contributed by atoms with Crippen LogP contribution in [0.25, 0.3) is 6.08 Å². The van der Waals surface area contributed by atoms with Crippen molar-refractivity contribution in [2.24, 2.45) is 0 Å². The lowest BCUT2D eigenvalue weighted by molar-refractivity contribution is -0.144. The van der Waals surface area contributed by atoms with E-state index in [9.17, 15) is 4.79 Å². The van der Waals surface area contributed by atoms with Crippen LogP contribution in [0.3, 0.4) is 0 Å². The monoisotopic (exact) mass is 233 g/mol. The molecule has 0 fully saturated rings. The highest BCUT2D eigenvalue weighted by Gasteiger charge is 2.08. The summed E-state index contributed by atoms with van der Waals surface area (Å²) in [6.45, 7) is 7.03. The maximum absolute atomic E-state index is 11.3. The minimum atomic E-state index is -0.189. The SMILES string of the molecule is C=Cc1ccccc1CN(C)CC(=O)OCC. The zero-order chi connectivity index (χ0) is 12.7. The molecule has 0 atom stereocenters. The molecule has 0 aromatic heterocycles. The predicted molar refractivity (Wildman–Crippen MR) is 69.5 cm³/mol. The van der Waals surface area contributed by atoms with Crippen molar-refractivity contribution in [2.75, 3.05) is 20.2 Å². The van der Waals surface area contributed by atoms with E-state index in [4.69, 9.17) is 4.74 Å². The van der Waals surface area contributed by atoms with Crippen LogP contribution >= 0.6 is 0 Å². The number of ether oxygens (including phenoxy) is 1. The Morgan fingerprint density at radius 3 is 2.82 bits per heavy atom. The highest BCUT2D eigenvalue weighted by atomic mass is 16.5. The topological polar surface area (TPSA) is 29.5 Å². The Morgan fingerprint density at radius 2 is 2.18 bits per heavy atom. The number of likely N-dealkylation sites (N-methyl/N-ethyl adjacent to an activating group) is 1. The van der Waals surface area contributed by atoms with Gasteiger partial charge in [0.05, 0.1) is 13.2 Å². The molecule has 17 heavy (non-hydrogen) atoms. The van der Waals surface area contributed by atoms with Crippen LogP contribution in [0.5, 0.6) is 0 Å². The van der Waals surface area contributed by atoms with Gasteiger partial charge in [0.15, 0.2) is 0 Å². The van der Waals surface area contributed by atoms with E-state index < -0.39 is 0 Å². The van der Waals surface area contributed by atoms with E-state index in [1.54, 1.807) is 0 Å². The Labute approximate surface area is 103 Å². The first-order valence-corrected chi connectivity index (χ1v) is 5.72. The van der Waals surface area contributed by atoms with Crippen molar-refractivity contribution in [1.82, 2.24) is 4.90 Å². The number of carbonyl (C=O) groups is 1. The van der Waals surface area contributed by atoms with Crippen molar-refractivity contribution in [3.8, 4) is 0 Å². The standard InChI is InChI=1S/C14H19NO2/c1-4-12-8-6-7-9-13(12)10-15(3)11-14(16)17-5-2/h4,6-9H,1,5,10-11H2,2-3H3. The zero-order valence-corrected chi connectivity index (χ0v) is 10.5. The van der Waals surface area contributed by atoms with Gasteiger partial charge in [-0.05, 0) is 25.1 Å². The number of carbonyl (C=O) groups excluding carboxylic acids is 1. The van der Waals surface area contributed by atoms with Gasteiger partial charge in [-0.1, -0.05) is 36.9 Å². The molecule has 0 saturated heterocycles. The number of hydrogen-bond donors (Lipinski definition) is 0. The van der Waals surface area contributed by atoms with Gasteiger partial charge in [0, 0.05) is 6.54 Å². The van der Waals surface area contributed by atoms with E-state index in [1.165, 1.54) is 0 Å². The molecule has 0 aliphatic heterocycles. The summed E-state index contributed by atoms with van der Waals surface area (Å²) < 4.78 is 4.91. The highest BCUT2D eigenvalue weighted by molar-refractivity contribution is 5.71. The van der Waals surface area contributed by atoms with Crippen LogP contribution in [0.4, 0.5) is 0 Å². The molecule has 0 radical (unpaired) electrons. The van der Waals surface area contributed by atoms with Gasteiger partial charge in [-0.25, -0.2) is 0 Å². The fraction of sp³-hybridized carbons (Fsp3) is 0.357. The molecule has 0 bridgehead atoms. The molecule has 0 aliphatic carbocycles. The Balaban J connectivity index is 2.58. The second kappa shape index (κ2) is 6.86. The molecule has 0 unspecified atom stereocenters. The summed E-state index contributed by atoms with van der Waals surface area (Å²) in [4.78, 5) is 13.2. The van der Waals surface area contributed by atoms with Crippen LogP contribution in [-0.2, 0) is 16.1 Å². The van der Waals surface area contributed by atoms with Gasteiger partial charge in [0.25, 0.3) is 0 Å². The summed E-state index contributed by atoms with van der Waals surface area (Å²) in [5.74, 6) is -0.189. The van der Waals surface area contributed by atoms with E-state index in [2.05, 4.69) is 6.58 Å². The van der Waals surface area contributed by atoms with Gasteiger partial charge in [0.2, 0.25) is 0 Å². The normalized spacial score (nSPS) is 10.3. The molecule has 0 aliphatic rings. The van der Waals surface area contributed by atoms with Gasteiger partial charge in [0.1, 0.15) is 0 Å². The molecule has 1 aromatic carbocycles. The van der Waals surface area contributed by atoms with E-state index in [0.29, 0.717) is 19.7 Å². The average molecular weight is 233 g/mol. The Hall–Kier alpha value is -1.61. The fourth-order valence-electron chi connectivity index (χ4n) is 1.65. The van der Waals surface area contributed by atoms with Crippen LogP contribution in [0.1, 0.15) is 18.1 Å². The van der Waals surface area contributed by atoms with Crippen molar-refractivity contribution < 1.29 is 9.53 Å². The lowest BCUT2D eigenvalue weighted by atomic mass is 10.1. The highest BCUT2D eigenvalue weighted by Crippen LogP contribution is 2.11. The first-order valence-electron chi connectivity index (χ1n) is 5.72. The largest absolute Gasteiger partial charge is 0.465 e. The summed E-state index contributed by atoms with van der Waals surface area (Å²) in [5.41, 5.74) is 2.26. The minimum Gasteiger partial charge on any atom is -0.465 e. The quantitative estimate of drug-likeness (QED) is 0.706. The molecular formula is C14H19NO2. The molecule has 1 rings (SSSR count). The average Bonchev–Trinajstić information content (AvgIpc) is 2.29. The number of hydrogen-bond acceptors (Lipinski definition) is 3. The van der Waals surface area contributed by atoms with Crippen molar-refractivity contribution in [3.05, 3.63) is 42.0 Å². The Bertz CT molecular complexity index is 388. The molecule has 0 spiro atoms. The second-order valence-corrected chi connectivity index (χ2v) is 3.88. The van der Waals surface area contributed by atoms with Crippen LogP contribution in [-0.4, -0.2) is 31.1 Å². The van der Waals surface area contributed by atoms with Gasteiger partial charge in [-0.15, -0.1) is 0 Å². The van der Waals surface area contributed by atoms with Crippen molar-refractivity contribution in [3.63, 3.8) is 0 Å². The third-order valence-electron chi connectivity index (χ3n) is 2.42. The molecule has 0 amide bonds. The molecular weight excluding hydrogens is 214 g/mol. The molecule has 0 saturated carbocycles. The van der Waals surface area contributed by atoms with Crippen molar-refractivity contribution in [1.29, 1.82) is 0 Å². The fourth-order valence-corrected chi connectivity index (χ4v) is 1.65. The molecule has 92 valence electrons. The van der Waals surface area contributed by atoms with Gasteiger partial charge in [-0.3, -0.25) is 9.69 Å². The van der Waals surface area contributed by atoms with Crippen LogP contribution in [0, 0.1) is 0 Å². The predicted octanol–water partition coefficient (Wildman–Crippen LogP) is 2.32. The summed E-state index contributed by atoms with van der Waals surface area (Å²) in [6.07, 6.45) is 1.83. The third kappa shape index (κ3) is 4.41. The lowest BCUT2D eigenvalue weighted by Crippen LogP contribution is -2.27. The smallest absolute Gasteiger partial charge is 0.320 e. The van der Waals surface area contributed by atoms with Crippen LogP contribution < -0.4 is 0 Å². The van der Waals surface area contributed by atoms with Gasteiger partial charge in [-0.2, -0.15) is 0 Å². The van der Waals surface area contributed by atoms with Crippen LogP contribution in [0.15, 0.2) is 30.8 Å². The number of esters is 1. The molecule has 0 N–H and O–H groups in total. The molecule has 3 heteroatoms. The van der Waals surface area contributed by atoms with Crippen molar-refractivity contribution in [2.45, 2.75) is 13.5 Å². The third-order valence-corrected chi connectivity index (χ3v) is 2.42. The summed E-state index contributed by atoms with van der Waals surface area (Å²) in [7, 11) is 1.90. The van der Waals surface area contributed by atoms with E-state index in [0.717, 1.165) is 11.1 Å². The Kier molecular flexibility index (Phi) is 5.43. The second-order valence-electron chi connectivity index (χ2n) is 3.88. The van der Waals surface area contributed by atoms with E-state index in [1.807, 2.05) is 49.2 Å². The molecule has 3 nitrogen and oxygen atoms in total. The summed E-state index contributed by atoms with van der Waals surface area (Å²) in [6, 6.07) is 8.02. The first-order chi connectivity index (χ1) is 8.17. The lowest BCUT2D eigenvalue weighted by Gasteiger charge is -2.16. The van der Waals surface area contributed by atoms with E-state index in [-0.39, 0.29) is 5.97 Å². The zero-order valence-electron chi connectivity index (χ0n) is 10.5. The maximum atomic E-state index is 11.3. The van der Waals surface area contributed by atoms with Gasteiger partial charge < -0.3 is 4.74 Å². The molecule has 0 heterocycles. The van der Waals surface area contributed by atoms with Gasteiger partial charge >= 0.3 is 5.97 Å². The summed E-state index contributed by atoms with van der Waals surface area (Å²) >= 11 is 0. The molecule has 1 aromatic rings. The van der Waals surface area contributed by atoms with Crippen LogP contribution in [0.2, 0.25) is 0 Å². The summed E-state index contributed by atoms with van der Waals surface area (Å²) in [5, 5.41) is 0. The van der Waals surface area contributed by atoms with E-state index >= 15 is 0 Å². The first kappa shape index (κ1) is 13.5. The number of nitrogens with zero attached hydrogens (tertiary/aromatic N) is 1. The minimum absolute atomic E-state index is 0.189. The Morgan fingerprint density at radius 1 is 1.47 bits per heavy atom. The maximum Gasteiger partial charge on any atom is 0.320 e. The number of rotatable bonds is 6.